The van der Waals surface area contributed by atoms with Crippen molar-refractivity contribution in [2.24, 2.45) is 0 Å². The zero-order valence-electron chi connectivity index (χ0n) is 15.5. The summed E-state index contributed by atoms with van der Waals surface area (Å²) in [7, 11) is 0. The molecule has 1 unspecified atom stereocenters. The average Bonchev–Trinajstić information content (AvgIpc) is 2.72. The minimum absolute atomic E-state index is 0.150. The number of fused-ring (bicyclic) bond motifs is 1. The van der Waals surface area contributed by atoms with Crippen molar-refractivity contribution in [3.05, 3.63) is 83.9 Å². The number of carbonyl (C=O) groups is 2. The van der Waals surface area contributed by atoms with Crippen molar-refractivity contribution >= 4 is 11.9 Å². The Balaban J connectivity index is 2.16. The molecule has 0 saturated heterocycles. The molecule has 1 aliphatic rings. The fourth-order valence-electron chi connectivity index (χ4n) is 3.94. The van der Waals surface area contributed by atoms with Crippen LogP contribution in [0.2, 0.25) is 0 Å². The molecule has 0 amide bonds. The largest absolute Gasteiger partial charge is 0.466 e. The van der Waals surface area contributed by atoms with Crippen LogP contribution < -0.4 is 0 Å². The number of rotatable bonds is 6. The minimum Gasteiger partial charge on any atom is -0.466 e. The Morgan fingerprint density at radius 2 is 1.81 bits per heavy atom. The normalized spacial score (nSPS) is 21.0. The van der Waals surface area contributed by atoms with Crippen LogP contribution in [0.4, 0.5) is 0 Å². The molecule has 2 aromatic carbocycles. The fourth-order valence-corrected chi connectivity index (χ4v) is 3.94. The molecule has 4 heteroatoms. The summed E-state index contributed by atoms with van der Waals surface area (Å²) in [5, 5.41) is 0. The summed E-state index contributed by atoms with van der Waals surface area (Å²) in [5.74, 6) is -0.931. The van der Waals surface area contributed by atoms with E-state index < -0.39 is 5.41 Å². The summed E-state index contributed by atoms with van der Waals surface area (Å²) in [5.41, 5.74) is 1.58. The van der Waals surface area contributed by atoms with Gasteiger partial charge in [-0.2, -0.15) is 0 Å². The molecule has 4 nitrogen and oxygen atoms in total. The molecule has 140 valence electrons. The molecule has 0 bridgehead atoms. The van der Waals surface area contributed by atoms with E-state index in [9.17, 15) is 9.59 Å². The van der Waals surface area contributed by atoms with Gasteiger partial charge < -0.3 is 9.47 Å². The topological polar surface area (TPSA) is 52.6 Å². The molecule has 2 atom stereocenters. The van der Waals surface area contributed by atoms with Crippen molar-refractivity contribution in [3.8, 4) is 0 Å². The van der Waals surface area contributed by atoms with Gasteiger partial charge in [0, 0.05) is 0 Å². The smallest absolute Gasteiger partial charge is 0.321 e. The highest BCUT2D eigenvalue weighted by Crippen LogP contribution is 2.48. The van der Waals surface area contributed by atoms with Gasteiger partial charge in [-0.05, 0) is 36.5 Å². The third kappa shape index (κ3) is 3.39. The van der Waals surface area contributed by atoms with Gasteiger partial charge in [0.15, 0.2) is 0 Å². The molecule has 3 rings (SSSR count). The summed E-state index contributed by atoms with van der Waals surface area (Å²) in [4.78, 5) is 25.8. The predicted octanol–water partition coefficient (Wildman–Crippen LogP) is 4.14. The third-order valence-corrected chi connectivity index (χ3v) is 5.12. The number of hydrogen-bond donors (Lipinski definition) is 0. The van der Waals surface area contributed by atoms with Gasteiger partial charge in [-0.3, -0.25) is 9.59 Å². The summed E-state index contributed by atoms with van der Waals surface area (Å²) in [6.45, 7) is 5.92. The van der Waals surface area contributed by atoms with E-state index in [4.69, 9.17) is 9.47 Å². The zero-order valence-corrected chi connectivity index (χ0v) is 15.5. The first-order chi connectivity index (χ1) is 13.1. The number of ether oxygens (including phenoxy) is 2. The third-order valence-electron chi connectivity index (χ3n) is 5.12. The van der Waals surface area contributed by atoms with E-state index in [1.54, 1.807) is 13.0 Å². The molecule has 0 saturated carbocycles. The Labute approximate surface area is 159 Å². The Hall–Kier alpha value is -2.88. The van der Waals surface area contributed by atoms with Crippen LogP contribution in [0.25, 0.3) is 0 Å². The maximum absolute atomic E-state index is 13.3. The molecule has 0 fully saturated rings. The SMILES string of the molecule is C=CCOC(=O)C1(c2ccccc2)CC[C@H](C(=O)OCC)c2ccccc21. The maximum atomic E-state index is 13.3. The van der Waals surface area contributed by atoms with Crippen LogP contribution >= 0.6 is 0 Å². The van der Waals surface area contributed by atoms with Gasteiger partial charge in [0.25, 0.3) is 0 Å². The zero-order chi connectivity index (χ0) is 19.3. The van der Waals surface area contributed by atoms with Crippen LogP contribution in [-0.4, -0.2) is 25.2 Å². The highest BCUT2D eigenvalue weighted by atomic mass is 16.5. The second-order valence-corrected chi connectivity index (χ2v) is 6.59. The molecule has 1 aliphatic carbocycles. The summed E-state index contributed by atoms with van der Waals surface area (Å²) < 4.78 is 10.8. The number of benzene rings is 2. The molecule has 0 radical (unpaired) electrons. The first-order valence-electron chi connectivity index (χ1n) is 9.24. The standard InChI is InChI=1S/C23H24O4/c1-3-16-27-22(25)23(17-10-6-5-7-11-17)15-14-19(21(24)26-4-2)18-12-8-9-13-20(18)23/h3,5-13,19H,1,4,14-16H2,2H3/t19-,23?/m0/s1. The van der Waals surface area contributed by atoms with Gasteiger partial charge in [-0.15, -0.1) is 0 Å². The molecule has 0 N–H and O–H groups in total. The van der Waals surface area contributed by atoms with Gasteiger partial charge in [0.1, 0.15) is 12.0 Å². The second-order valence-electron chi connectivity index (χ2n) is 6.59. The average molecular weight is 364 g/mol. The second kappa shape index (κ2) is 8.21. The van der Waals surface area contributed by atoms with Gasteiger partial charge >= 0.3 is 11.9 Å². The maximum Gasteiger partial charge on any atom is 0.321 e. The van der Waals surface area contributed by atoms with Gasteiger partial charge in [0.2, 0.25) is 0 Å². The highest BCUT2D eigenvalue weighted by Gasteiger charge is 2.49. The molecular weight excluding hydrogens is 340 g/mol. The van der Waals surface area contributed by atoms with E-state index in [-0.39, 0.29) is 24.5 Å². The van der Waals surface area contributed by atoms with Crippen LogP contribution in [0.3, 0.4) is 0 Å². The van der Waals surface area contributed by atoms with Gasteiger partial charge in [-0.1, -0.05) is 67.3 Å². The van der Waals surface area contributed by atoms with Crippen LogP contribution in [-0.2, 0) is 24.5 Å². The Kier molecular flexibility index (Phi) is 5.75. The van der Waals surface area contributed by atoms with Gasteiger partial charge in [-0.25, -0.2) is 0 Å². The molecule has 0 aromatic heterocycles. The molecule has 27 heavy (non-hydrogen) atoms. The first-order valence-corrected chi connectivity index (χ1v) is 9.24. The van der Waals surface area contributed by atoms with Crippen LogP contribution in [0.15, 0.2) is 67.3 Å². The Morgan fingerprint density at radius 3 is 2.52 bits per heavy atom. The van der Waals surface area contributed by atoms with Crippen molar-refractivity contribution in [2.45, 2.75) is 31.1 Å². The summed E-state index contributed by atoms with van der Waals surface area (Å²) in [6, 6.07) is 17.2. The Morgan fingerprint density at radius 1 is 1.11 bits per heavy atom. The molecule has 0 spiro atoms. The summed E-state index contributed by atoms with van der Waals surface area (Å²) >= 11 is 0. The quantitative estimate of drug-likeness (QED) is 0.571. The molecule has 2 aromatic rings. The molecule has 0 heterocycles. The lowest BCUT2D eigenvalue weighted by molar-refractivity contribution is -0.150. The van der Waals surface area contributed by atoms with Crippen LogP contribution in [0.5, 0.6) is 0 Å². The monoisotopic (exact) mass is 364 g/mol. The van der Waals surface area contributed by atoms with Crippen LogP contribution in [0.1, 0.15) is 42.4 Å². The molecule has 0 aliphatic heterocycles. The van der Waals surface area contributed by atoms with E-state index in [0.29, 0.717) is 19.4 Å². The Bertz CT molecular complexity index is 827. The lowest BCUT2D eigenvalue weighted by Crippen LogP contribution is -2.43. The number of carbonyl (C=O) groups excluding carboxylic acids is 2. The lowest BCUT2D eigenvalue weighted by atomic mass is 9.63. The van der Waals surface area contributed by atoms with Crippen molar-refractivity contribution < 1.29 is 19.1 Å². The first kappa shape index (κ1) is 18.9. The minimum atomic E-state index is -0.941. The van der Waals surface area contributed by atoms with E-state index in [1.807, 2.05) is 54.6 Å². The van der Waals surface area contributed by atoms with Gasteiger partial charge in [0.05, 0.1) is 12.5 Å². The predicted molar refractivity (Wildman–Crippen MR) is 103 cm³/mol. The van der Waals surface area contributed by atoms with E-state index in [2.05, 4.69) is 6.58 Å². The number of hydrogen-bond acceptors (Lipinski definition) is 4. The fraction of sp³-hybridized carbons (Fsp3) is 0.304. The van der Waals surface area contributed by atoms with Crippen molar-refractivity contribution in [1.29, 1.82) is 0 Å². The van der Waals surface area contributed by atoms with E-state index >= 15 is 0 Å². The number of esters is 2. The van der Waals surface area contributed by atoms with Crippen molar-refractivity contribution in [1.82, 2.24) is 0 Å². The van der Waals surface area contributed by atoms with E-state index in [1.165, 1.54) is 0 Å². The highest BCUT2D eigenvalue weighted by molar-refractivity contribution is 5.91. The van der Waals surface area contributed by atoms with Crippen molar-refractivity contribution in [2.75, 3.05) is 13.2 Å². The summed E-state index contributed by atoms with van der Waals surface area (Å²) in [6.07, 6.45) is 2.56. The molecular formula is C23H24O4. The van der Waals surface area contributed by atoms with E-state index in [0.717, 1.165) is 16.7 Å². The van der Waals surface area contributed by atoms with Crippen LogP contribution in [0, 0.1) is 0 Å². The lowest BCUT2D eigenvalue weighted by Gasteiger charge is -2.39. The van der Waals surface area contributed by atoms with Crippen molar-refractivity contribution in [3.63, 3.8) is 0 Å².